The molecule has 1 aliphatic rings. The maximum absolute atomic E-state index is 14.3. The molecular formula is C27H40N2O5SSn. The molecule has 0 aromatic heterocycles. The van der Waals surface area contributed by atoms with E-state index in [0.717, 1.165) is 57.4 Å². The van der Waals surface area contributed by atoms with Crippen LogP contribution in [0, 0.1) is 10.1 Å². The number of sulfonamides is 1. The number of hydrogen-bond acceptors (Lipinski definition) is 5. The van der Waals surface area contributed by atoms with Crippen molar-refractivity contribution in [1.82, 2.24) is 4.31 Å². The molecule has 1 heterocycles. The molecule has 0 N–H and O–H groups in total. The Morgan fingerprint density at radius 1 is 0.917 bits per heavy atom. The Bertz CT molecular complexity index is 1060. The minimum atomic E-state index is -3.95. The van der Waals surface area contributed by atoms with Crippen LogP contribution in [0.5, 0.6) is 0 Å². The monoisotopic (exact) mass is 624 g/mol. The molecule has 1 saturated heterocycles. The second-order valence-electron chi connectivity index (χ2n) is 9.87. The molecule has 7 nitrogen and oxygen atoms in total. The summed E-state index contributed by atoms with van der Waals surface area (Å²) in [6.45, 7) is 6.93. The van der Waals surface area contributed by atoms with E-state index < -0.39 is 39.4 Å². The average Bonchev–Trinajstić information content (AvgIpc) is 3.36. The van der Waals surface area contributed by atoms with E-state index in [1.165, 1.54) is 24.3 Å². The predicted molar refractivity (Wildman–Crippen MR) is 146 cm³/mol. The Labute approximate surface area is 220 Å². The summed E-state index contributed by atoms with van der Waals surface area (Å²) in [5.41, 5.74) is 0.803. The van der Waals surface area contributed by atoms with Gasteiger partial charge in [-0.15, -0.1) is 0 Å². The van der Waals surface area contributed by atoms with Crippen LogP contribution in [0.1, 0.15) is 70.9 Å². The Hall–Kier alpha value is -1.49. The van der Waals surface area contributed by atoms with Crippen molar-refractivity contribution >= 4 is 34.1 Å². The zero-order valence-corrected chi connectivity index (χ0v) is 25.4. The van der Waals surface area contributed by atoms with Crippen molar-refractivity contribution in [3.05, 3.63) is 70.3 Å². The zero-order chi connectivity index (χ0) is 26.2. The first kappa shape index (κ1) is 29.1. The molecule has 3 rings (SSSR count). The van der Waals surface area contributed by atoms with Crippen molar-refractivity contribution in [2.24, 2.45) is 0 Å². The molecule has 0 unspecified atom stereocenters. The molecule has 0 amide bonds. The molecule has 0 spiro atoms. The summed E-state index contributed by atoms with van der Waals surface area (Å²) in [6.07, 6.45) is 6.56. The van der Waals surface area contributed by atoms with Gasteiger partial charge in [0, 0.05) is 0 Å². The van der Waals surface area contributed by atoms with Gasteiger partial charge in [0.1, 0.15) is 0 Å². The third-order valence-electron chi connectivity index (χ3n) is 7.37. The van der Waals surface area contributed by atoms with Crippen LogP contribution in [0.2, 0.25) is 13.3 Å². The molecule has 1 aliphatic heterocycles. The van der Waals surface area contributed by atoms with Gasteiger partial charge < -0.3 is 0 Å². The Balaban J connectivity index is 2.14. The van der Waals surface area contributed by atoms with Crippen molar-refractivity contribution in [3.63, 3.8) is 0 Å². The van der Waals surface area contributed by atoms with Crippen LogP contribution in [-0.2, 0) is 14.8 Å². The van der Waals surface area contributed by atoms with Gasteiger partial charge in [-0.25, -0.2) is 0 Å². The maximum atomic E-state index is 14.3. The molecule has 2 aromatic rings. The van der Waals surface area contributed by atoms with E-state index in [9.17, 15) is 18.5 Å². The minimum absolute atomic E-state index is 0.0891. The number of rotatable bonds is 14. The first-order chi connectivity index (χ1) is 17.3. The third-order valence-corrected chi connectivity index (χ3v) is 25.6. The number of unbranched alkanes of at least 4 members (excludes halogenated alkanes) is 3. The molecule has 0 bridgehead atoms. The van der Waals surface area contributed by atoms with E-state index in [4.69, 9.17) is 4.74 Å². The van der Waals surface area contributed by atoms with Crippen LogP contribution in [0.3, 0.4) is 0 Å². The molecule has 1 fully saturated rings. The van der Waals surface area contributed by atoms with Crippen LogP contribution in [-0.4, -0.2) is 46.9 Å². The van der Waals surface area contributed by atoms with Crippen LogP contribution in [0.15, 0.2) is 59.5 Å². The fraction of sp³-hybridized carbons (Fsp3) is 0.556. The molecule has 0 saturated carbocycles. The normalized spacial score (nSPS) is 19.0. The van der Waals surface area contributed by atoms with Gasteiger partial charge in [-0.05, 0) is 0 Å². The summed E-state index contributed by atoms with van der Waals surface area (Å²) >= 11 is -3.20. The number of hydrogen-bond donors (Lipinski definition) is 0. The second-order valence-corrected chi connectivity index (χ2v) is 25.2. The Morgan fingerprint density at radius 2 is 1.44 bits per heavy atom. The van der Waals surface area contributed by atoms with Crippen molar-refractivity contribution < 1.29 is 18.1 Å². The van der Waals surface area contributed by atoms with E-state index in [1.54, 1.807) is 4.31 Å². The summed E-state index contributed by atoms with van der Waals surface area (Å²) in [5, 5.41) is 11.2. The van der Waals surface area contributed by atoms with Crippen LogP contribution >= 0.6 is 0 Å². The van der Waals surface area contributed by atoms with Gasteiger partial charge in [0.25, 0.3) is 0 Å². The SMILES string of the molecule is CCC[CH2][Sn]([CH2]CCC)([CH2]CCC)[C@H]1OC[C@@H](c2ccccc2)N1S(=O)(=O)c1ccc([N+](=O)[O-])cc1. The Kier molecular flexibility index (Phi) is 10.8. The van der Waals surface area contributed by atoms with Crippen LogP contribution in [0.25, 0.3) is 0 Å². The molecule has 0 radical (unpaired) electrons. The summed E-state index contributed by atoms with van der Waals surface area (Å²) < 4.78 is 39.8. The molecule has 2 atom stereocenters. The van der Waals surface area contributed by atoms with Gasteiger partial charge in [-0.1, -0.05) is 0 Å². The van der Waals surface area contributed by atoms with Crippen molar-refractivity contribution in [2.45, 2.75) is 87.8 Å². The molecule has 0 aliphatic carbocycles. The molecule has 2 aromatic carbocycles. The van der Waals surface area contributed by atoms with Gasteiger partial charge >= 0.3 is 221 Å². The number of nitro benzene ring substituents is 1. The number of ether oxygens (including phenoxy) is 1. The van der Waals surface area contributed by atoms with E-state index in [0.29, 0.717) is 6.61 Å². The summed E-state index contributed by atoms with van der Waals surface area (Å²) in [6, 6.07) is 14.6. The van der Waals surface area contributed by atoms with Crippen molar-refractivity contribution in [2.75, 3.05) is 6.61 Å². The summed E-state index contributed by atoms with van der Waals surface area (Å²) in [5.74, 6) is 0. The van der Waals surface area contributed by atoms with Crippen molar-refractivity contribution in [1.29, 1.82) is 0 Å². The van der Waals surface area contributed by atoms with Gasteiger partial charge in [-0.2, -0.15) is 0 Å². The molecule has 198 valence electrons. The number of nitro groups is 1. The van der Waals surface area contributed by atoms with E-state index in [-0.39, 0.29) is 14.8 Å². The van der Waals surface area contributed by atoms with Gasteiger partial charge in [0.15, 0.2) is 0 Å². The summed E-state index contributed by atoms with van der Waals surface area (Å²) in [7, 11) is -3.95. The second kappa shape index (κ2) is 13.3. The molecule has 36 heavy (non-hydrogen) atoms. The van der Waals surface area contributed by atoms with E-state index in [1.807, 2.05) is 30.3 Å². The molecular weight excluding hydrogens is 583 g/mol. The first-order valence-electron chi connectivity index (χ1n) is 13.2. The summed E-state index contributed by atoms with van der Waals surface area (Å²) in [4.78, 5) is 10.8. The quantitative estimate of drug-likeness (QED) is 0.128. The fourth-order valence-electron chi connectivity index (χ4n) is 5.34. The van der Waals surface area contributed by atoms with Crippen LogP contribution in [0.4, 0.5) is 5.69 Å². The third kappa shape index (κ3) is 6.49. The van der Waals surface area contributed by atoms with E-state index in [2.05, 4.69) is 20.8 Å². The predicted octanol–water partition coefficient (Wildman–Crippen LogP) is 7.07. The van der Waals surface area contributed by atoms with Gasteiger partial charge in [-0.3, -0.25) is 0 Å². The number of non-ortho nitro benzene ring substituents is 1. The fourth-order valence-corrected chi connectivity index (χ4v) is 26.2. The number of benzene rings is 2. The topological polar surface area (TPSA) is 89.8 Å². The van der Waals surface area contributed by atoms with Gasteiger partial charge in [0.2, 0.25) is 0 Å². The van der Waals surface area contributed by atoms with Crippen molar-refractivity contribution in [3.8, 4) is 0 Å². The number of nitrogens with zero attached hydrogens (tertiary/aromatic N) is 2. The average molecular weight is 623 g/mol. The van der Waals surface area contributed by atoms with Gasteiger partial charge in [0.05, 0.1) is 0 Å². The first-order valence-corrected chi connectivity index (χ1v) is 22.4. The Morgan fingerprint density at radius 3 is 1.92 bits per heavy atom. The standard InChI is InChI=1S/C15H13N2O5S.3C4H9.Sn/c18-17(19)13-6-8-14(9-7-13)23(20,21)16-11-22-10-15(16)12-4-2-1-3-5-12;3*1-3-4-2;/h1-9,11,15H,10H2;3*1,3-4H2,2H3;/t15-;;;;/m0..../s1. The zero-order valence-electron chi connectivity index (χ0n) is 21.8. The van der Waals surface area contributed by atoms with E-state index >= 15 is 0 Å². The van der Waals surface area contributed by atoms with Crippen LogP contribution < -0.4 is 0 Å². The molecule has 9 heteroatoms.